The molecule has 2 amide bonds. The van der Waals surface area contributed by atoms with Crippen molar-refractivity contribution in [3.05, 3.63) is 78.3 Å². The van der Waals surface area contributed by atoms with Crippen molar-refractivity contribution in [1.82, 2.24) is 4.90 Å². The van der Waals surface area contributed by atoms with Crippen molar-refractivity contribution in [3.8, 4) is 5.75 Å². The lowest BCUT2D eigenvalue weighted by Crippen LogP contribution is -2.32. The molecule has 0 spiro atoms. The molecule has 0 aliphatic carbocycles. The fraction of sp³-hybridized carbons (Fsp3) is 0.182. The van der Waals surface area contributed by atoms with E-state index in [1.54, 1.807) is 18.2 Å². The summed E-state index contributed by atoms with van der Waals surface area (Å²) >= 11 is 0. The van der Waals surface area contributed by atoms with Crippen molar-refractivity contribution >= 4 is 23.1 Å². The predicted molar refractivity (Wildman–Crippen MR) is 106 cm³/mol. The van der Waals surface area contributed by atoms with Crippen molar-refractivity contribution < 1.29 is 18.7 Å². The average molecular weight is 380 g/mol. The Balaban J connectivity index is 2.00. The van der Waals surface area contributed by atoms with E-state index in [0.29, 0.717) is 23.6 Å². The lowest BCUT2D eigenvalue weighted by atomic mass is 10.0. The SMILES string of the molecule is C=CCN1C(=O)C(Nc2cccc(OCCC)c2)=C(c2ccc(F)cc2)C1=O. The molecule has 0 fully saturated rings. The smallest absolute Gasteiger partial charge is 0.278 e. The minimum Gasteiger partial charge on any atom is -0.494 e. The number of benzene rings is 2. The maximum atomic E-state index is 13.3. The quantitative estimate of drug-likeness (QED) is 0.556. The van der Waals surface area contributed by atoms with Gasteiger partial charge in [0.2, 0.25) is 0 Å². The number of ether oxygens (including phenoxy) is 1. The van der Waals surface area contributed by atoms with Crippen LogP contribution in [0.5, 0.6) is 5.75 Å². The molecule has 1 aliphatic rings. The van der Waals surface area contributed by atoms with E-state index >= 15 is 0 Å². The highest BCUT2D eigenvalue weighted by atomic mass is 19.1. The Morgan fingerprint density at radius 3 is 2.57 bits per heavy atom. The van der Waals surface area contributed by atoms with Crippen molar-refractivity contribution in [2.24, 2.45) is 0 Å². The van der Waals surface area contributed by atoms with Crippen molar-refractivity contribution in [2.75, 3.05) is 18.5 Å². The van der Waals surface area contributed by atoms with Gasteiger partial charge in [-0.1, -0.05) is 31.2 Å². The fourth-order valence-electron chi connectivity index (χ4n) is 2.90. The van der Waals surface area contributed by atoms with Gasteiger partial charge in [0, 0.05) is 18.3 Å². The molecule has 0 saturated heterocycles. The van der Waals surface area contributed by atoms with Crippen LogP contribution in [0.1, 0.15) is 18.9 Å². The van der Waals surface area contributed by atoms with Crippen LogP contribution in [0.15, 0.2) is 66.9 Å². The molecule has 1 heterocycles. The van der Waals surface area contributed by atoms with Crippen LogP contribution in [0.2, 0.25) is 0 Å². The second-order valence-corrected chi connectivity index (χ2v) is 6.27. The first-order valence-corrected chi connectivity index (χ1v) is 9.02. The minimum absolute atomic E-state index is 0.0905. The summed E-state index contributed by atoms with van der Waals surface area (Å²) in [6.45, 7) is 6.28. The first kappa shape index (κ1) is 19.4. The molecule has 0 atom stereocenters. The van der Waals surface area contributed by atoms with Crippen LogP contribution in [0.25, 0.3) is 5.57 Å². The standard InChI is InChI=1S/C22H21FN2O3/c1-3-12-25-21(26)19(15-8-10-16(23)11-9-15)20(22(25)27)24-17-6-5-7-18(14-17)28-13-4-2/h3,5-11,14,24H,1,4,12-13H2,2H3. The monoisotopic (exact) mass is 380 g/mol. The van der Waals surface area contributed by atoms with Crippen LogP contribution in [0.4, 0.5) is 10.1 Å². The molecule has 144 valence electrons. The third-order valence-corrected chi connectivity index (χ3v) is 4.19. The van der Waals surface area contributed by atoms with Gasteiger partial charge in [0.05, 0.1) is 12.2 Å². The van der Waals surface area contributed by atoms with Gasteiger partial charge in [-0.25, -0.2) is 4.39 Å². The molecule has 0 aromatic heterocycles. The Bertz CT molecular complexity index is 935. The van der Waals surface area contributed by atoms with Gasteiger partial charge in [0.15, 0.2) is 0 Å². The highest BCUT2D eigenvalue weighted by molar-refractivity contribution is 6.36. The zero-order valence-electron chi connectivity index (χ0n) is 15.6. The van der Waals surface area contributed by atoms with Crippen molar-refractivity contribution in [1.29, 1.82) is 0 Å². The number of nitrogens with zero attached hydrogens (tertiary/aromatic N) is 1. The maximum absolute atomic E-state index is 13.3. The van der Waals surface area contributed by atoms with E-state index in [9.17, 15) is 14.0 Å². The highest BCUT2D eigenvalue weighted by Crippen LogP contribution is 2.31. The second-order valence-electron chi connectivity index (χ2n) is 6.27. The summed E-state index contributed by atoms with van der Waals surface area (Å²) in [5.74, 6) is -0.656. The molecule has 2 aromatic carbocycles. The molecule has 0 unspecified atom stereocenters. The number of amides is 2. The van der Waals surface area contributed by atoms with E-state index < -0.39 is 17.6 Å². The molecule has 0 saturated carbocycles. The molecule has 0 radical (unpaired) electrons. The summed E-state index contributed by atoms with van der Waals surface area (Å²) in [7, 11) is 0. The van der Waals surface area contributed by atoms with Gasteiger partial charge in [-0.2, -0.15) is 0 Å². The Hall–Kier alpha value is -3.41. The normalized spacial score (nSPS) is 13.9. The van der Waals surface area contributed by atoms with E-state index in [-0.39, 0.29) is 17.8 Å². The molecular weight excluding hydrogens is 359 g/mol. The van der Waals surface area contributed by atoms with Gasteiger partial charge >= 0.3 is 0 Å². The number of halogens is 1. The van der Waals surface area contributed by atoms with Gasteiger partial charge < -0.3 is 10.1 Å². The fourth-order valence-corrected chi connectivity index (χ4v) is 2.90. The molecule has 28 heavy (non-hydrogen) atoms. The van der Waals surface area contributed by atoms with Crippen LogP contribution in [0.3, 0.4) is 0 Å². The number of anilines is 1. The lowest BCUT2D eigenvalue weighted by Gasteiger charge is -2.13. The first-order valence-electron chi connectivity index (χ1n) is 9.02. The maximum Gasteiger partial charge on any atom is 0.278 e. The Morgan fingerprint density at radius 1 is 1.14 bits per heavy atom. The third kappa shape index (κ3) is 3.96. The first-order chi connectivity index (χ1) is 13.5. The minimum atomic E-state index is -0.455. The van der Waals surface area contributed by atoms with Gasteiger partial charge in [-0.15, -0.1) is 6.58 Å². The zero-order valence-corrected chi connectivity index (χ0v) is 15.6. The molecule has 6 heteroatoms. The molecule has 3 rings (SSSR count). The van der Waals surface area contributed by atoms with E-state index in [1.807, 2.05) is 13.0 Å². The van der Waals surface area contributed by atoms with Gasteiger partial charge in [-0.3, -0.25) is 14.5 Å². The highest BCUT2D eigenvalue weighted by Gasteiger charge is 2.38. The van der Waals surface area contributed by atoms with Gasteiger partial charge in [0.25, 0.3) is 11.8 Å². The molecule has 1 N–H and O–H groups in total. The topological polar surface area (TPSA) is 58.6 Å². The summed E-state index contributed by atoms with van der Waals surface area (Å²) in [4.78, 5) is 26.8. The number of hydrogen-bond acceptors (Lipinski definition) is 4. The van der Waals surface area contributed by atoms with Gasteiger partial charge in [0.1, 0.15) is 17.3 Å². The zero-order chi connectivity index (χ0) is 20.1. The summed E-state index contributed by atoms with van der Waals surface area (Å²) < 4.78 is 18.9. The van der Waals surface area contributed by atoms with Crippen LogP contribution < -0.4 is 10.1 Å². The summed E-state index contributed by atoms with van der Waals surface area (Å²) in [6, 6.07) is 12.6. The van der Waals surface area contributed by atoms with Crippen LogP contribution >= 0.6 is 0 Å². The number of rotatable bonds is 8. The third-order valence-electron chi connectivity index (χ3n) is 4.19. The molecule has 0 bridgehead atoms. The Morgan fingerprint density at radius 2 is 1.89 bits per heavy atom. The second kappa shape index (κ2) is 8.52. The van der Waals surface area contributed by atoms with E-state index in [0.717, 1.165) is 11.3 Å². The van der Waals surface area contributed by atoms with Crippen molar-refractivity contribution in [3.63, 3.8) is 0 Å². The van der Waals surface area contributed by atoms with E-state index in [1.165, 1.54) is 30.3 Å². The van der Waals surface area contributed by atoms with E-state index in [2.05, 4.69) is 11.9 Å². The molecule has 5 nitrogen and oxygen atoms in total. The number of imide groups is 1. The summed E-state index contributed by atoms with van der Waals surface area (Å²) in [5, 5.41) is 3.05. The largest absolute Gasteiger partial charge is 0.494 e. The summed E-state index contributed by atoms with van der Waals surface area (Å²) in [6.07, 6.45) is 2.36. The van der Waals surface area contributed by atoms with Crippen LogP contribution in [-0.2, 0) is 9.59 Å². The molecule has 2 aromatic rings. The number of carbonyl (C=O) groups is 2. The Labute approximate surface area is 163 Å². The lowest BCUT2D eigenvalue weighted by molar-refractivity contribution is -0.136. The predicted octanol–water partition coefficient (Wildman–Crippen LogP) is 3.99. The number of nitrogens with one attached hydrogen (secondary N) is 1. The van der Waals surface area contributed by atoms with Crippen molar-refractivity contribution in [2.45, 2.75) is 13.3 Å². The summed E-state index contributed by atoms with van der Waals surface area (Å²) in [5.41, 5.74) is 1.43. The van der Waals surface area contributed by atoms with E-state index in [4.69, 9.17) is 4.74 Å². The Kier molecular flexibility index (Phi) is 5.89. The van der Waals surface area contributed by atoms with Gasteiger partial charge in [-0.05, 0) is 36.2 Å². The molecular formula is C22H21FN2O3. The van der Waals surface area contributed by atoms with Crippen LogP contribution in [-0.4, -0.2) is 29.9 Å². The van der Waals surface area contributed by atoms with Crippen LogP contribution in [0, 0.1) is 5.82 Å². The number of carbonyl (C=O) groups excluding carboxylic acids is 2. The molecule has 1 aliphatic heterocycles. The average Bonchev–Trinajstić information content (AvgIpc) is 2.92. The number of hydrogen-bond donors (Lipinski definition) is 1.